The molecule has 1 saturated heterocycles. The Kier molecular flexibility index (Phi) is 4.60. The van der Waals surface area contributed by atoms with Gasteiger partial charge in [0.15, 0.2) is 5.78 Å². The maximum Gasteiger partial charge on any atom is 0.224 e. The lowest BCUT2D eigenvalue weighted by Crippen LogP contribution is -2.62. The van der Waals surface area contributed by atoms with Gasteiger partial charge >= 0.3 is 0 Å². The molecule has 0 spiro atoms. The fourth-order valence-corrected chi connectivity index (χ4v) is 11.6. The van der Waals surface area contributed by atoms with Gasteiger partial charge in [0.2, 0.25) is 5.91 Å². The first-order valence-electron chi connectivity index (χ1n) is 14.5. The SMILES string of the molecule is CC1=C2NC[C@H]3[C@@H]4CC[C@H](C(=O)NC56CC7CC(CC(C7)C5)C6)[C@@]4(C)CC[C@@H]3[C@@]2(C)CCC1=O. The number of amides is 1. The molecule has 4 nitrogen and oxygen atoms in total. The summed E-state index contributed by atoms with van der Waals surface area (Å²) in [6.07, 6.45) is 14.4. The molecule has 6 saturated carbocycles. The molecule has 1 aliphatic heterocycles. The Labute approximate surface area is 205 Å². The van der Waals surface area contributed by atoms with Gasteiger partial charge in [-0.3, -0.25) is 9.59 Å². The van der Waals surface area contributed by atoms with Gasteiger partial charge in [-0.1, -0.05) is 13.8 Å². The number of Topliss-reactive ketones (excluding diaryl/α,β-unsaturated/α-hetero) is 1. The zero-order chi connectivity index (χ0) is 23.5. The third-order valence-electron chi connectivity index (χ3n) is 12.7. The van der Waals surface area contributed by atoms with Crippen LogP contribution in [0.1, 0.15) is 97.8 Å². The summed E-state index contributed by atoms with van der Waals surface area (Å²) in [7, 11) is 0. The van der Waals surface area contributed by atoms with Crippen molar-refractivity contribution in [1.82, 2.24) is 10.6 Å². The molecule has 8 rings (SSSR count). The second kappa shape index (κ2) is 7.13. The first-order valence-corrected chi connectivity index (χ1v) is 14.5. The number of hydrogen-bond acceptors (Lipinski definition) is 3. The van der Waals surface area contributed by atoms with E-state index in [0.717, 1.165) is 42.7 Å². The number of nitrogens with one attached hydrogen (secondary N) is 2. The molecule has 4 bridgehead atoms. The van der Waals surface area contributed by atoms with Crippen molar-refractivity contribution >= 4 is 11.7 Å². The zero-order valence-corrected chi connectivity index (χ0v) is 21.6. The summed E-state index contributed by atoms with van der Waals surface area (Å²) >= 11 is 0. The van der Waals surface area contributed by atoms with Crippen LogP contribution >= 0.6 is 0 Å². The Morgan fingerprint density at radius 2 is 1.62 bits per heavy atom. The highest BCUT2D eigenvalue weighted by Crippen LogP contribution is 2.65. The molecule has 4 heteroatoms. The summed E-state index contributed by atoms with van der Waals surface area (Å²) in [6, 6.07) is 0. The maximum absolute atomic E-state index is 13.9. The summed E-state index contributed by atoms with van der Waals surface area (Å²) in [5.74, 6) is 5.44. The molecule has 0 aromatic heterocycles. The number of carbonyl (C=O) groups excluding carboxylic acids is 2. The van der Waals surface area contributed by atoms with Gasteiger partial charge in [-0.15, -0.1) is 0 Å². The third kappa shape index (κ3) is 2.89. The average molecular weight is 465 g/mol. The molecule has 1 heterocycles. The van der Waals surface area contributed by atoms with E-state index in [1.807, 2.05) is 6.92 Å². The number of fused-ring (bicyclic) bond motifs is 5. The predicted molar refractivity (Wildman–Crippen MR) is 133 cm³/mol. The van der Waals surface area contributed by atoms with Gasteiger partial charge in [0, 0.05) is 41.1 Å². The highest BCUT2D eigenvalue weighted by molar-refractivity contribution is 5.96. The van der Waals surface area contributed by atoms with Crippen LogP contribution in [0.5, 0.6) is 0 Å². The molecule has 1 amide bonds. The molecule has 0 radical (unpaired) electrons. The summed E-state index contributed by atoms with van der Waals surface area (Å²) in [4.78, 5) is 26.4. The van der Waals surface area contributed by atoms with E-state index in [-0.39, 0.29) is 22.3 Å². The molecule has 6 atom stereocenters. The first-order chi connectivity index (χ1) is 16.2. The average Bonchev–Trinajstić information content (AvgIpc) is 3.13. The Bertz CT molecular complexity index is 932. The summed E-state index contributed by atoms with van der Waals surface area (Å²) in [5.41, 5.74) is 2.61. The minimum absolute atomic E-state index is 0.113. The fraction of sp³-hybridized carbons (Fsp3) is 0.867. The van der Waals surface area contributed by atoms with Crippen molar-refractivity contribution in [2.45, 2.75) is 103 Å². The Morgan fingerprint density at radius 3 is 2.29 bits per heavy atom. The highest BCUT2D eigenvalue weighted by atomic mass is 16.2. The Morgan fingerprint density at radius 1 is 0.941 bits per heavy atom. The van der Waals surface area contributed by atoms with Crippen LogP contribution in [0.4, 0.5) is 0 Å². The summed E-state index contributed by atoms with van der Waals surface area (Å²) in [6.45, 7) is 7.92. The monoisotopic (exact) mass is 464 g/mol. The lowest BCUT2D eigenvalue weighted by Gasteiger charge is -2.59. The molecular formula is C30H44N2O2. The number of ketones is 1. The first kappa shape index (κ1) is 21.9. The molecule has 7 fully saturated rings. The second-order valence-corrected chi connectivity index (χ2v) is 14.5. The van der Waals surface area contributed by atoms with E-state index in [1.54, 1.807) is 0 Å². The predicted octanol–water partition coefficient (Wildman–Crippen LogP) is 5.38. The summed E-state index contributed by atoms with van der Waals surface area (Å²) in [5, 5.41) is 7.54. The maximum atomic E-state index is 13.9. The van der Waals surface area contributed by atoms with Crippen molar-refractivity contribution < 1.29 is 9.59 Å². The Balaban J connectivity index is 1.12. The van der Waals surface area contributed by atoms with Gasteiger partial charge in [0.25, 0.3) is 0 Å². The van der Waals surface area contributed by atoms with Gasteiger partial charge in [-0.05, 0) is 118 Å². The minimum atomic E-state index is 0.113. The lowest BCUT2D eigenvalue weighted by molar-refractivity contribution is -0.138. The van der Waals surface area contributed by atoms with Crippen molar-refractivity contribution in [3.8, 4) is 0 Å². The smallest absolute Gasteiger partial charge is 0.224 e. The molecule has 0 unspecified atom stereocenters. The Hall–Kier alpha value is -1.32. The number of carbonyl (C=O) groups is 2. The topological polar surface area (TPSA) is 58.2 Å². The van der Waals surface area contributed by atoms with Gasteiger partial charge in [-0.25, -0.2) is 0 Å². The van der Waals surface area contributed by atoms with Crippen molar-refractivity contribution in [3.63, 3.8) is 0 Å². The quantitative estimate of drug-likeness (QED) is 0.577. The van der Waals surface area contributed by atoms with E-state index >= 15 is 0 Å². The highest BCUT2D eigenvalue weighted by Gasteiger charge is 2.61. The number of hydrogen-bond donors (Lipinski definition) is 2. The molecular weight excluding hydrogens is 420 g/mol. The van der Waals surface area contributed by atoms with Crippen LogP contribution < -0.4 is 10.6 Å². The largest absolute Gasteiger partial charge is 0.387 e. The fourth-order valence-electron chi connectivity index (χ4n) is 11.6. The van der Waals surface area contributed by atoms with E-state index < -0.39 is 0 Å². The van der Waals surface area contributed by atoms with Crippen molar-refractivity contribution in [3.05, 3.63) is 11.3 Å². The van der Waals surface area contributed by atoms with E-state index in [1.165, 1.54) is 63.5 Å². The molecule has 7 aliphatic carbocycles. The summed E-state index contributed by atoms with van der Waals surface area (Å²) < 4.78 is 0. The molecule has 186 valence electrons. The third-order valence-corrected chi connectivity index (χ3v) is 12.7. The molecule has 0 aromatic carbocycles. The van der Waals surface area contributed by atoms with Crippen LogP contribution in [-0.4, -0.2) is 23.8 Å². The lowest BCUT2D eigenvalue weighted by atomic mass is 9.49. The molecule has 34 heavy (non-hydrogen) atoms. The van der Waals surface area contributed by atoms with E-state index in [2.05, 4.69) is 24.5 Å². The van der Waals surface area contributed by atoms with Crippen molar-refractivity contribution in [2.24, 2.45) is 52.3 Å². The second-order valence-electron chi connectivity index (χ2n) is 14.5. The van der Waals surface area contributed by atoms with Crippen LogP contribution in [-0.2, 0) is 9.59 Å². The van der Waals surface area contributed by atoms with Crippen LogP contribution in [0.25, 0.3) is 0 Å². The normalized spacial score (nSPS) is 53.1. The van der Waals surface area contributed by atoms with Gasteiger partial charge in [-0.2, -0.15) is 0 Å². The van der Waals surface area contributed by atoms with Crippen LogP contribution in [0.3, 0.4) is 0 Å². The van der Waals surface area contributed by atoms with E-state index in [9.17, 15) is 9.59 Å². The van der Waals surface area contributed by atoms with Gasteiger partial charge in [0.05, 0.1) is 0 Å². The van der Waals surface area contributed by atoms with Crippen LogP contribution in [0.2, 0.25) is 0 Å². The minimum Gasteiger partial charge on any atom is -0.387 e. The van der Waals surface area contributed by atoms with Gasteiger partial charge < -0.3 is 10.6 Å². The molecule has 8 aliphatic rings. The van der Waals surface area contributed by atoms with Crippen LogP contribution in [0.15, 0.2) is 11.3 Å². The molecule has 2 N–H and O–H groups in total. The zero-order valence-electron chi connectivity index (χ0n) is 21.6. The number of allylic oxidation sites excluding steroid dienone is 2. The van der Waals surface area contributed by atoms with Gasteiger partial charge in [0.1, 0.15) is 0 Å². The van der Waals surface area contributed by atoms with Crippen molar-refractivity contribution in [2.75, 3.05) is 6.54 Å². The standard InChI is InChI=1S/C30H44N2O2/c1-17-25(33)7-9-29(3)23-6-8-28(2)22(21(23)16-31-26(17)29)4-5-24(28)27(34)32-30-13-18-10-19(14-30)12-20(11-18)15-30/h18-24,31H,4-16H2,1-3H3,(H,32,34)/t18?,19?,20?,21-,22-,23-,24+,28-,29+,30?/m0/s1. The van der Waals surface area contributed by atoms with Crippen LogP contribution in [0, 0.1) is 52.3 Å². The number of rotatable bonds is 2. The van der Waals surface area contributed by atoms with E-state index in [4.69, 9.17) is 0 Å². The van der Waals surface area contributed by atoms with Crippen molar-refractivity contribution in [1.29, 1.82) is 0 Å². The number of piperidine rings is 1. The molecule has 0 aromatic rings. The van der Waals surface area contributed by atoms with E-state index in [0.29, 0.717) is 35.9 Å².